The van der Waals surface area contributed by atoms with Gasteiger partial charge >= 0.3 is 5.97 Å². The Morgan fingerprint density at radius 3 is 3.11 bits per heavy atom. The van der Waals surface area contributed by atoms with Gasteiger partial charge in [0.1, 0.15) is 0 Å². The second-order valence-corrected chi connectivity index (χ2v) is 6.04. The molecular weight excluding hydrogens is 264 g/mol. The third kappa shape index (κ3) is 1.81. The van der Waals surface area contributed by atoms with Crippen molar-refractivity contribution in [1.29, 1.82) is 0 Å². The highest BCUT2D eigenvalue weighted by Gasteiger charge is 2.55. The number of aliphatic carboxylic acids is 1. The van der Waals surface area contributed by atoms with E-state index in [1.54, 1.807) is 6.20 Å². The average Bonchev–Trinajstić information content (AvgIpc) is 2.90. The van der Waals surface area contributed by atoms with Crippen LogP contribution < -0.4 is 4.90 Å². The topological polar surface area (TPSA) is 53.4 Å². The monoisotopic (exact) mass is 280 g/mol. The second-order valence-electron chi connectivity index (χ2n) is 5.66. The van der Waals surface area contributed by atoms with Crippen LogP contribution in [0.4, 0.5) is 5.69 Å². The number of hydrogen-bond acceptors (Lipinski definition) is 3. The van der Waals surface area contributed by atoms with Gasteiger partial charge in [-0.1, -0.05) is 18.0 Å². The number of fused-ring (bicyclic) bond motifs is 1. The second kappa shape index (κ2) is 4.37. The summed E-state index contributed by atoms with van der Waals surface area (Å²) in [7, 11) is 0. The number of nitrogens with zero attached hydrogens (tertiary/aromatic N) is 2. The maximum absolute atomic E-state index is 11.7. The number of halogens is 1. The highest BCUT2D eigenvalue weighted by molar-refractivity contribution is 6.33. The quantitative estimate of drug-likeness (QED) is 0.905. The Labute approximate surface area is 117 Å². The lowest BCUT2D eigenvalue weighted by molar-refractivity contribution is -0.149. The largest absolute Gasteiger partial charge is 0.481 e. The fourth-order valence-corrected chi connectivity index (χ4v) is 3.83. The van der Waals surface area contributed by atoms with Crippen LogP contribution in [0.1, 0.15) is 25.0 Å². The van der Waals surface area contributed by atoms with Crippen molar-refractivity contribution in [3.05, 3.63) is 23.0 Å². The number of carbonyl (C=O) groups is 1. The first-order valence-electron chi connectivity index (χ1n) is 6.64. The molecule has 3 rings (SSSR count). The zero-order valence-corrected chi connectivity index (χ0v) is 11.7. The normalized spacial score (nSPS) is 29.6. The lowest BCUT2D eigenvalue weighted by atomic mass is 9.81. The molecule has 19 heavy (non-hydrogen) atoms. The molecule has 1 aromatic heterocycles. The first kappa shape index (κ1) is 12.7. The predicted molar refractivity (Wildman–Crippen MR) is 73.6 cm³/mol. The Morgan fingerprint density at radius 1 is 1.63 bits per heavy atom. The van der Waals surface area contributed by atoms with E-state index in [1.807, 2.05) is 13.0 Å². The maximum Gasteiger partial charge on any atom is 0.311 e. The number of aryl methyl sites for hydroxylation is 1. The Bertz CT molecular complexity index is 534. The molecule has 1 aromatic rings. The molecule has 5 heteroatoms. The number of pyridine rings is 1. The molecule has 4 nitrogen and oxygen atoms in total. The van der Waals surface area contributed by atoms with Crippen LogP contribution in [0.3, 0.4) is 0 Å². The minimum atomic E-state index is -0.653. The van der Waals surface area contributed by atoms with Crippen LogP contribution in [0.25, 0.3) is 0 Å². The number of carboxylic acid groups (broad SMARTS) is 1. The Kier molecular flexibility index (Phi) is 2.93. The molecule has 2 aliphatic rings. The molecule has 1 saturated heterocycles. The zero-order valence-electron chi connectivity index (χ0n) is 10.9. The molecule has 0 spiro atoms. The van der Waals surface area contributed by atoms with E-state index < -0.39 is 11.4 Å². The third-order valence-corrected chi connectivity index (χ3v) is 5.15. The summed E-state index contributed by atoms with van der Waals surface area (Å²) in [6, 6.07) is 1.88. The minimum Gasteiger partial charge on any atom is -0.481 e. The summed E-state index contributed by atoms with van der Waals surface area (Å²) in [4.78, 5) is 17.9. The van der Waals surface area contributed by atoms with Crippen molar-refractivity contribution in [3.8, 4) is 0 Å². The van der Waals surface area contributed by atoms with Crippen LogP contribution >= 0.6 is 11.6 Å². The van der Waals surface area contributed by atoms with Crippen molar-refractivity contribution in [2.45, 2.75) is 26.2 Å². The van der Waals surface area contributed by atoms with Gasteiger partial charge in [0, 0.05) is 19.3 Å². The summed E-state index contributed by atoms with van der Waals surface area (Å²) < 4.78 is 0. The maximum atomic E-state index is 11.7. The van der Waals surface area contributed by atoms with Gasteiger partial charge in [-0.3, -0.25) is 9.78 Å². The molecule has 0 bridgehead atoms. The molecule has 2 atom stereocenters. The highest BCUT2D eigenvalue weighted by Crippen LogP contribution is 2.50. The Morgan fingerprint density at radius 2 is 2.42 bits per heavy atom. The van der Waals surface area contributed by atoms with Crippen molar-refractivity contribution in [3.63, 3.8) is 0 Å². The third-order valence-electron chi connectivity index (χ3n) is 4.68. The predicted octanol–water partition coefficient (Wildman–Crippen LogP) is 2.73. The molecule has 0 amide bonds. The fourth-order valence-electron chi connectivity index (χ4n) is 3.60. The van der Waals surface area contributed by atoms with E-state index in [0.717, 1.165) is 37.2 Å². The number of anilines is 1. The van der Waals surface area contributed by atoms with E-state index in [2.05, 4.69) is 9.88 Å². The smallest absolute Gasteiger partial charge is 0.311 e. The van der Waals surface area contributed by atoms with E-state index in [9.17, 15) is 9.90 Å². The number of rotatable bonds is 2. The first-order chi connectivity index (χ1) is 9.04. The van der Waals surface area contributed by atoms with Crippen LogP contribution in [0.2, 0.25) is 5.02 Å². The summed E-state index contributed by atoms with van der Waals surface area (Å²) in [6.45, 7) is 3.22. The lowest BCUT2D eigenvalue weighted by Gasteiger charge is -2.24. The molecule has 0 aromatic carbocycles. The zero-order chi connectivity index (χ0) is 13.6. The van der Waals surface area contributed by atoms with Gasteiger partial charge in [0.25, 0.3) is 0 Å². The molecule has 1 saturated carbocycles. The summed E-state index contributed by atoms with van der Waals surface area (Å²) in [6.07, 6.45) is 4.54. The summed E-state index contributed by atoms with van der Waals surface area (Å²) >= 11 is 6.30. The number of aromatic nitrogens is 1. The van der Waals surface area contributed by atoms with Gasteiger partial charge in [-0.15, -0.1) is 0 Å². The molecule has 0 radical (unpaired) electrons. The van der Waals surface area contributed by atoms with Gasteiger partial charge < -0.3 is 10.0 Å². The molecule has 2 heterocycles. The van der Waals surface area contributed by atoms with Crippen LogP contribution in [-0.4, -0.2) is 29.1 Å². The van der Waals surface area contributed by atoms with Gasteiger partial charge in [0.2, 0.25) is 0 Å². The van der Waals surface area contributed by atoms with Gasteiger partial charge in [0.15, 0.2) is 0 Å². The molecular formula is C14H17ClN2O2. The van der Waals surface area contributed by atoms with Crippen LogP contribution in [-0.2, 0) is 4.79 Å². The van der Waals surface area contributed by atoms with Crippen molar-refractivity contribution in [2.75, 3.05) is 18.0 Å². The van der Waals surface area contributed by atoms with Crippen molar-refractivity contribution in [1.82, 2.24) is 4.98 Å². The summed E-state index contributed by atoms with van der Waals surface area (Å²) in [5.41, 5.74) is 1.14. The Balaban J connectivity index is 1.94. The summed E-state index contributed by atoms with van der Waals surface area (Å²) in [5.74, 6) is -0.408. The first-order valence-corrected chi connectivity index (χ1v) is 7.02. The molecule has 1 N–H and O–H groups in total. The van der Waals surface area contributed by atoms with Gasteiger partial charge in [-0.2, -0.15) is 0 Å². The van der Waals surface area contributed by atoms with E-state index in [-0.39, 0.29) is 5.92 Å². The lowest BCUT2D eigenvalue weighted by Crippen LogP contribution is -2.35. The van der Waals surface area contributed by atoms with Crippen molar-refractivity contribution < 1.29 is 9.90 Å². The van der Waals surface area contributed by atoms with Gasteiger partial charge in [0.05, 0.1) is 21.8 Å². The van der Waals surface area contributed by atoms with E-state index in [1.165, 1.54) is 0 Å². The van der Waals surface area contributed by atoms with E-state index in [4.69, 9.17) is 11.6 Å². The summed E-state index contributed by atoms with van der Waals surface area (Å²) in [5, 5.41) is 10.2. The number of hydrogen-bond donors (Lipinski definition) is 1. The van der Waals surface area contributed by atoms with Crippen molar-refractivity contribution >= 4 is 23.3 Å². The van der Waals surface area contributed by atoms with Gasteiger partial charge in [-0.05, 0) is 31.7 Å². The molecule has 1 aliphatic heterocycles. The Hall–Kier alpha value is -1.29. The highest BCUT2D eigenvalue weighted by atomic mass is 35.5. The average molecular weight is 281 g/mol. The molecule has 102 valence electrons. The van der Waals surface area contributed by atoms with Crippen molar-refractivity contribution in [2.24, 2.45) is 11.3 Å². The molecule has 1 aliphatic carbocycles. The van der Waals surface area contributed by atoms with Crippen LogP contribution in [0, 0.1) is 18.3 Å². The molecule has 2 fully saturated rings. The van der Waals surface area contributed by atoms with Crippen LogP contribution in [0.5, 0.6) is 0 Å². The minimum absolute atomic E-state index is 0.245. The number of carboxylic acids is 1. The van der Waals surface area contributed by atoms with E-state index in [0.29, 0.717) is 11.6 Å². The standard InChI is InChI=1S/C14H17ClN2O2/c1-9-12(15)11(4-6-16-9)17-7-10-3-2-5-14(10,8-17)13(18)19/h4,6,10H,2-3,5,7-8H2,1H3,(H,18,19)/t10-,14+/m0/s1. The van der Waals surface area contributed by atoms with E-state index >= 15 is 0 Å². The SMILES string of the molecule is Cc1nccc(N2C[C@@H]3CCC[C@@]3(C(=O)O)C2)c1Cl. The molecule has 0 unspecified atom stereocenters. The van der Waals surface area contributed by atoms with Gasteiger partial charge in [-0.25, -0.2) is 0 Å². The fraction of sp³-hybridized carbons (Fsp3) is 0.571. The van der Waals surface area contributed by atoms with Crippen LogP contribution in [0.15, 0.2) is 12.3 Å².